The van der Waals surface area contributed by atoms with E-state index >= 15 is 0 Å². The number of nitrogens with zero attached hydrogens (tertiary/aromatic N) is 6. The van der Waals surface area contributed by atoms with Gasteiger partial charge >= 0.3 is 0 Å². The molecule has 0 spiro atoms. The van der Waals surface area contributed by atoms with Gasteiger partial charge in [0.15, 0.2) is 11.6 Å². The Labute approximate surface area is 147 Å². The Bertz CT molecular complexity index is 851. The number of aryl methyl sites for hydroxylation is 5. The molecule has 0 atom stereocenters. The van der Waals surface area contributed by atoms with Crippen molar-refractivity contribution in [2.24, 2.45) is 0 Å². The number of ether oxygens (including phenoxy) is 1. The molecule has 0 aliphatic heterocycles. The van der Waals surface area contributed by atoms with E-state index in [0.717, 1.165) is 47.5 Å². The Hall–Kier alpha value is -2.54. The predicted molar refractivity (Wildman–Crippen MR) is 94.9 cm³/mol. The lowest BCUT2D eigenvalue weighted by Gasteiger charge is -2.07. The first-order valence-electron chi connectivity index (χ1n) is 8.45. The normalized spacial score (nSPS) is 11.2. The Morgan fingerprint density at radius 3 is 2.52 bits per heavy atom. The fourth-order valence-corrected chi connectivity index (χ4v) is 2.79. The average molecular weight is 340 g/mol. The quantitative estimate of drug-likeness (QED) is 0.659. The van der Waals surface area contributed by atoms with Gasteiger partial charge in [-0.05, 0) is 39.0 Å². The maximum absolute atomic E-state index is 5.15. The van der Waals surface area contributed by atoms with Gasteiger partial charge in [0, 0.05) is 37.9 Å². The highest BCUT2D eigenvalue weighted by atomic mass is 16.5. The minimum Gasteiger partial charge on any atom is -0.384 e. The number of methoxy groups -OCH3 is 1. The summed E-state index contributed by atoms with van der Waals surface area (Å²) in [6.45, 7) is 7.40. The van der Waals surface area contributed by atoms with E-state index in [9.17, 15) is 0 Å². The van der Waals surface area contributed by atoms with Crippen LogP contribution in [0.25, 0.3) is 5.82 Å². The summed E-state index contributed by atoms with van der Waals surface area (Å²) in [5.74, 6) is 2.45. The van der Waals surface area contributed by atoms with Crippen LogP contribution in [0.5, 0.6) is 0 Å². The summed E-state index contributed by atoms with van der Waals surface area (Å²) in [6, 6.07) is 7.99. The van der Waals surface area contributed by atoms with E-state index in [0.29, 0.717) is 13.0 Å². The molecule has 7 heteroatoms. The van der Waals surface area contributed by atoms with Crippen LogP contribution in [-0.2, 0) is 24.1 Å². The molecule has 0 saturated carbocycles. The van der Waals surface area contributed by atoms with E-state index in [1.165, 1.54) is 0 Å². The molecule has 0 fully saturated rings. The summed E-state index contributed by atoms with van der Waals surface area (Å²) in [6.07, 6.45) is 1.42. The first kappa shape index (κ1) is 17.3. The van der Waals surface area contributed by atoms with Crippen molar-refractivity contribution >= 4 is 0 Å². The lowest BCUT2D eigenvalue weighted by Crippen LogP contribution is -2.11. The molecule has 3 rings (SSSR count). The number of pyridine rings is 1. The van der Waals surface area contributed by atoms with Crippen LogP contribution < -0.4 is 0 Å². The highest BCUT2D eigenvalue weighted by Gasteiger charge is 2.13. The van der Waals surface area contributed by atoms with E-state index in [1.54, 1.807) is 7.11 Å². The molecule has 25 heavy (non-hydrogen) atoms. The first-order valence-corrected chi connectivity index (χ1v) is 8.45. The molecular formula is C18H24N6O. The van der Waals surface area contributed by atoms with E-state index < -0.39 is 0 Å². The van der Waals surface area contributed by atoms with Crippen LogP contribution in [0.15, 0.2) is 24.3 Å². The fourth-order valence-electron chi connectivity index (χ4n) is 2.79. The topological polar surface area (TPSA) is 70.7 Å². The summed E-state index contributed by atoms with van der Waals surface area (Å²) in [4.78, 5) is 9.28. The molecule has 7 nitrogen and oxygen atoms in total. The summed E-state index contributed by atoms with van der Waals surface area (Å²) < 4.78 is 8.99. The van der Waals surface area contributed by atoms with Gasteiger partial charge in [0.1, 0.15) is 5.82 Å². The standard InChI is InChI=1S/C18H24N6O/c1-13-6-5-7-17(19-13)24-18(20-16(22-24)9-11-25-4)8-10-23-15(3)12-14(2)21-23/h5-7,12H,8-11H2,1-4H3. The van der Waals surface area contributed by atoms with Crippen molar-refractivity contribution in [2.75, 3.05) is 13.7 Å². The highest BCUT2D eigenvalue weighted by molar-refractivity contribution is 5.25. The second-order valence-corrected chi connectivity index (χ2v) is 6.14. The Balaban J connectivity index is 1.87. The molecule has 3 aromatic rings. The fraction of sp³-hybridized carbons (Fsp3) is 0.444. The van der Waals surface area contributed by atoms with Crippen molar-refractivity contribution in [2.45, 2.75) is 40.2 Å². The number of aromatic nitrogens is 6. The van der Waals surface area contributed by atoms with Crippen LogP contribution in [0.4, 0.5) is 0 Å². The highest BCUT2D eigenvalue weighted by Crippen LogP contribution is 2.11. The third kappa shape index (κ3) is 4.11. The van der Waals surface area contributed by atoms with Crippen LogP contribution in [-0.4, -0.2) is 43.2 Å². The predicted octanol–water partition coefficient (Wildman–Crippen LogP) is 2.22. The lowest BCUT2D eigenvalue weighted by molar-refractivity contribution is 0.200. The van der Waals surface area contributed by atoms with Gasteiger partial charge in [-0.25, -0.2) is 9.97 Å². The van der Waals surface area contributed by atoms with Crippen LogP contribution >= 0.6 is 0 Å². The second kappa shape index (κ2) is 7.57. The minimum atomic E-state index is 0.599. The van der Waals surface area contributed by atoms with Crippen molar-refractivity contribution in [1.29, 1.82) is 0 Å². The molecule has 0 radical (unpaired) electrons. The average Bonchev–Trinajstić information content (AvgIpc) is 3.13. The van der Waals surface area contributed by atoms with Crippen LogP contribution in [0.3, 0.4) is 0 Å². The van der Waals surface area contributed by atoms with Gasteiger partial charge in [-0.15, -0.1) is 5.10 Å². The van der Waals surface area contributed by atoms with Gasteiger partial charge in [0.2, 0.25) is 0 Å². The van der Waals surface area contributed by atoms with E-state index in [4.69, 9.17) is 9.72 Å². The van der Waals surface area contributed by atoms with Crippen LogP contribution in [0.2, 0.25) is 0 Å². The summed E-state index contributed by atoms with van der Waals surface area (Å²) in [7, 11) is 1.68. The van der Waals surface area contributed by atoms with Crippen molar-refractivity contribution in [3.05, 3.63) is 53.0 Å². The van der Waals surface area contributed by atoms with Gasteiger partial charge in [-0.3, -0.25) is 4.68 Å². The van der Waals surface area contributed by atoms with Gasteiger partial charge in [-0.2, -0.15) is 9.78 Å². The number of hydrogen-bond acceptors (Lipinski definition) is 5. The number of hydrogen-bond donors (Lipinski definition) is 0. The van der Waals surface area contributed by atoms with Crippen LogP contribution in [0.1, 0.15) is 28.7 Å². The number of rotatable bonds is 7. The van der Waals surface area contributed by atoms with Gasteiger partial charge in [-0.1, -0.05) is 6.07 Å². The molecule has 0 aliphatic carbocycles. The summed E-state index contributed by atoms with van der Waals surface area (Å²) >= 11 is 0. The molecule has 0 amide bonds. The zero-order valence-corrected chi connectivity index (χ0v) is 15.2. The van der Waals surface area contributed by atoms with Crippen LogP contribution in [0, 0.1) is 20.8 Å². The Morgan fingerprint density at radius 2 is 1.84 bits per heavy atom. The largest absolute Gasteiger partial charge is 0.384 e. The van der Waals surface area contributed by atoms with Crippen molar-refractivity contribution in [3.8, 4) is 5.82 Å². The molecular weight excluding hydrogens is 316 g/mol. The minimum absolute atomic E-state index is 0.599. The molecule has 0 saturated heterocycles. The van der Waals surface area contributed by atoms with Gasteiger partial charge < -0.3 is 4.74 Å². The van der Waals surface area contributed by atoms with E-state index in [-0.39, 0.29) is 0 Å². The molecule has 3 heterocycles. The maximum Gasteiger partial charge on any atom is 0.155 e. The Morgan fingerprint density at radius 1 is 1.00 bits per heavy atom. The van der Waals surface area contributed by atoms with Crippen molar-refractivity contribution in [3.63, 3.8) is 0 Å². The lowest BCUT2D eigenvalue weighted by atomic mass is 10.3. The molecule has 0 bridgehead atoms. The molecule has 132 valence electrons. The zero-order chi connectivity index (χ0) is 17.8. The molecule has 0 aromatic carbocycles. The second-order valence-electron chi connectivity index (χ2n) is 6.14. The molecule has 3 aromatic heterocycles. The monoisotopic (exact) mass is 340 g/mol. The van der Waals surface area contributed by atoms with E-state index in [2.05, 4.69) is 28.2 Å². The summed E-state index contributed by atoms with van der Waals surface area (Å²) in [5, 5.41) is 9.15. The zero-order valence-electron chi connectivity index (χ0n) is 15.2. The summed E-state index contributed by atoms with van der Waals surface area (Å²) in [5.41, 5.74) is 3.13. The van der Waals surface area contributed by atoms with Crippen molar-refractivity contribution in [1.82, 2.24) is 29.5 Å². The van der Waals surface area contributed by atoms with Gasteiger partial charge in [0.25, 0.3) is 0 Å². The third-order valence-electron chi connectivity index (χ3n) is 3.99. The van der Waals surface area contributed by atoms with Crippen molar-refractivity contribution < 1.29 is 4.74 Å². The maximum atomic E-state index is 5.15. The SMILES string of the molecule is COCCc1nc(CCn2nc(C)cc2C)n(-c2cccc(C)n2)n1. The smallest absolute Gasteiger partial charge is 0.155 e. The molecule has 0 aliphatic rings. The molecule has 0 unspecified atom stereocenters. The van der Waals surface area contributed by atoms with Gasteiger partial charge in [0.05, 0.1) is 12.3 Å². The third-order valence-corrected chi connectivity index (χ3v) is 3.99. The molecule has 0 N–H and O–H groups in total. The Kier molecular flexibility index (Phi) is 5.23. The first-order chi connectivity index (χ1) is 12.1. The van der Waals surface area contributed by atoms with E-state index in [1.807, 2.05) is 41.4 Å².